The summed E-state index contributed by atoms with van der Waals surface area (Å²) >= 11 is 0. The molecule has 0 saturated carbocycles. The summed E-state index contributed by atoms with van der Waals surface area (Å²) in [7, 11) is 0. The molecule has 104 valence electrons. The number of carbonyl (C=O) groups is 1. The van der Waals surface area contributed by atoms with Gasteiger partial charge in [-0.1, -0.05) is 51.0 Å². The van der Waals surface area contributed by atoms with Gasteiger partial charge in [0.05, 0.1) is 5.56 Å². The van der Waals surface area contributed by atoms with Crippen molar-refractivity contribution in [2.75, 3.05) is 0 Å². The van der Waals surface area contributed by atoms with Crippen LogP contribution in [0.3, 0.4) is 0 Å². The Labute approximate surface area is 116 Å². The lowest BCUT2D eigenvalue weighted by Crippen LogP contribution is -2.16. The Morgan fingerprint density at radius 3 is 2.58 bits per heavy atom. The van der Waals surface area contributed by atoms with Crippen molar-refractivity contribution in [1.29, 1.82) is 0 Å². The van der Waals surface area contributed by atoms with Gasteiger partial charge >= 0.3 is 5.97 Å². The topological polar surface area (TPSA) is 26.3 Å². The van der Waals surface area contributed by atoms with Crippen LogP contribution in [0.4, 0.5) is 0 Å². The number of rotatable bonds is 8. The fraction of sp³-hybridized carbons (Fsp3) is 0.471. The van der Waals surface area contributed by atoms with Gasteiger partial charge in [-0.25, -0.2) is 4.79 Å². The Kier molecular flexibility index (Phi) is 7.64. The number of benzene rings is 1. The van der Waals surface area contributed by atoms with Crippen molar-refractivity contribution in [3.63, 3.8) is 0 Å². The van der Waals surface area contributed by atoms with Gasteiger partial charge in [-0.15, -0.1) is 0 Å². The molecule has 19 heavy (non-hydrogen) atoms. The van der Waals surface area contributed by atoms with Gasteiger partial charge < -0.3 is 4.74 Å². The summed E-state index contributed by atoms with van der Waals surface area (Å²) in [6.07, 6.45) is 9.27. The second kappa shape index (κ2) is 9.37. The van der Waals surface area contributed by atoms with Crippen LogP contribution >= 0.6 is 0 Å². The van der Waals surface area contributed by atoms with Crippen LogP contribution in [0, 0.1) is 0 Å². The minimum atomic E-state index is -0.233. The first-order valence-electron chi connectivity index (χ1n) is 7.20. The van der Waals surface area contributed by atoms with Crippen molar-refractivity contribution in [2.45, 2.75) is 52.1 Å². The fourth-order valence-corrected chi connectivity index (χ4v) is 1.79. The molecule has 1 aromatic carbocycles. The Hall–Kier alpha value is -1.57. The molecule has 0 bridgehead atoms. The van der Waals surface area contributed by atoms with E-state index in [0.717, 1.165) is 32.1 Å². The molecular formula is C17H24O2. The van der Waals surface area contributed by atoms with E-state index in [0.29, 0.717) is 5.56 Å². The van der Waals surface area contributed by atoms with Crippen LogP contribution in [-0.2, 0) is 4.74 Å². The zero-order valence-electron chi connectivity index (χ0n) is 12.0. The summed E-state index contributed by atoms with van der Waals surface area (Å²) in [6.45, 7) is 4.28. The number of esters is 1. The lowest BCUT2D eigenvalue weighted by molar-refractivity contribution is 0.0376. The second-order valence-corrected chi connectivity index (χ2v) is 4.67. The van der Waals surface area contributed by atoms with Crippen LogP contribution < -0.4 is 0 Å². The molecule has 0 radical (unpaired) electrons. The predicted octanol–water partition coefficient (Wildman–Crippen LogP) is 4.76. The van der Waals surface area contributed by atoms with E-state index in [9.17, 15) is 4.79 Å². The quantitative estimate of drug-likeness (QED) is 0.497. The van der Waals surface area contributed by atoms with Gasteiger partial charge in [-0.05, 0) is 37.5 Å². The molecule has 2 nitrogen and oxygen atoms in total. The van der Waals surface area contributed by atoms with E-state index in [1.54, 1.807) is 12.1 Å². The van der Waals surface area contributed by atoms with Crippen molar-refractivity contribution >= 4 is 5.97 Å². The first-order valence-corrected chi connectivity index (χ1v) is 7.20. The summed E-state index contributed by atoms with van der Waals surface area (Å²) < 4.78 is 5.56. The standard InChI is InChI=1S/C17H24O2/c1-3-5-8-14-16(13-6-4-2)19-17(18)15-11-9-7-10-12-15/h7-12,14,16H,3-6,13H2,1-2H3/b14-8+/t16-/m0/s1. The average molecular weight is 260 g/mol. The molecule has 0 heterocycles. The van der Waals surface area contributed by atoms with Crippen LogP contribution in [0.1, 0.15) is 56.3 Å². The molecule has 0 unspecified atom stereocenters. The maximum Gasteiger partial charge on any atom is 0.338 e. The first-order chi connectivity index (χ1) is 9.27. The van der Waals surface area contributed by atoms with E-state index in [1.165, 1.54) is 0 Å². The number of carbonyl (C=O) groups excluding carboxylic acids is 1. The third-order valence-corrected chi connectivity index (χ3v) is 2.92. The normalized spacial score (nSPS) is 12.5. The predicted molar refractivity (Wildman–Crippen MR) is 79.2 cm³/mol. The first kappa shape index (κ1) is 15.5. The molecule has 0 aliphatic rings. The van der Waals surface area contributed by atoms with Crippen LogP contribution in [0.2, 0.25) is 0 Å². The number of allylic oxidation sites excluding steroid dienone is 1. The number of hydrogen-bond donors (Lipinski definition) is 0. The molecule has 0 saturated heterocycles. The van der Waals surface area contributed by atoms with E-state index in [2.05, 4.69) is 19.9 Å². The monoisotopic (exact) mass is 260 g/mol. The van der Waals surface area contributed by atoms with E-state index in [1.807, 2.05) is 24.3 Å². The fourth-order valence-electron chi connectivity index (χ4n) is 1.79. The Morgan fingerprint density at radius 1 is 1.21 bits per heavy atom. The minimum Gasteiger partial charge on any atom is -0.455 e. The third kappa shape index (κ3) is 6.23. The van der Waals surface area contributed by atoms with Crippen LogP contribution in [0.15, 0.2) is 42.5 Å². The number of hydrogen-bond acceptors (Lipinski definition) is 2. The zero-order valence-corrected chi connectivity index (χ0v) is 12.0. The maximum absolute atomic E-state index is 12.0. The molecular weight excluding hydrogens is 236 g/mol. The highest BCUT2D eigenvalue weighted by Gasteiger charge is 2.12. The molecule has 1 aromatic rings. The average Bonchev–Trinajstić information content (AvgIpc) is 2.45. The minimum absolute atomic E-state index is 0.0980. The summed E-state index contributed by atoms with van der Waals surface area (Å²) in [6, 6.07) is 9.17. The highest BCUT2D eigenvalue weighted by Crippen LogP contribution is 2.11. The van der Waals surface area contributed by atoms with E-state index >= 15 is 0 Å². The molecule has 0 fully saturated rings. The third-order valence-electron chi connectivity index (χ3n) is 2.92. The zero-order chi connectivity index (χ0) is 13.9. The molecule has 1 rings (SSSR count). The molecule has 0 aliphatic heterocycles. The number of unbranched alkanes of at least 4 members (excludes halogenated alkanes) is 2. The van der Waals surface area contributed by atoms with Crippen molar-refractivity contribution in [3.8, 4) is 0 Å². The van der Waals surface area contributed by atoms with Gasteiger partial charge in [0.15, 0.2) is 0 Å². The van der Waals surface area contributed by atoms with Gasteiger partial charge in [-0.3, -0.25) is 0 Å². The molecule has 0 spiro atoms. The van der Waals surface area contributed by atoms with Crippen molar-refractivity contribution in [2.24, 2.45) is 0 Å². The lowest BCUT2D eigenvalue weighted by atomic mass is 10.1. The second-order valence-electron chi connectivity index (χ2n) is 4.67. The van der Waals surface area contributed by atoms with Gasteiger partial charge in [0.25, 0.3) is 0 Å². The maximum atomic E-state index is 12.0. The van der Waals surface area contributed by atoms with Crippen molar-refractivity contribution in [1.82, 2.24) is 0 Å². The Morgan fingerprint density at radius 2 is 1.95 bits per heavy atom. The highest BCUT2D eigenvalue weighted by molar-refractivity contribution is 5.89. The molecule has 0 N–H and O–H groups in total. The van der Waals surface area contributed by atoms with Gasteiger partial charge in [0.1, 0.15) is 6.10 Å². The van der Waals surface area contributed by atoms with Crippen molar-refractivity contribution in [3.05, 3.63) is 48.0 Å². The Balaban J connectivity index is 2.58. The summed E-state index contributed by atoms with van der Waals surface area (Å²) in [4.78, 5) is 12.0. The number of ether oxygens (including phenoxy) is 1. The van der Waals surface area contributed by atoms with Crippen molar-refractivity contribution < 1.29 is 9.53 Å². The molecule has 0 amide bonds. The van der Waals surface area contributed by atoms with Gasteiger partial charge in [0.2, 0.25) is 0 Å². The van der Waals surface area contributed by atoms with Gasteiger partial charge in [0, 0.05) is 0 Å². The van der Waals surface area contributed by atoms with E-state index in [4.69, 9.17) is 4.74 Å². The molecule has 0 aromatic heterocycles. The largest absolute Gasteiger partial charge is 0.455 e. The molecule has 2 heteroatoms. The van der Waals surface area contributed by atoms with Crippen LogP contribution in [0.25, 0.3) is 0 Å². The smallest absolute Gasteiger partial charge is 0.338 e. The summed E-state index contributed by atoms with van der Waals surface area (Å²) in [5.74, 6) is -0.233. The molecule has 1 atom stereocenters. The lowest BCUT2D eigenvalue weighted by Gasteiger charge is -2.14. The molecule has 0 aliphatic carbocycles. The van der Waals surface area contributed by atoms with E-state index in [-0.39, 0.29) is 12.1 Å². The Bertz CT molecular complexity index is 382. The SMILES string of the molecule is CCC/C=C/[C@H](CCCC)OC(=O)c1ccccc1. The van der Waals surface area contributed by atoms with E-state index < -0.39 is 0 Å². The van der Waals surface area contributed by atoms with Crippen LogP contribution in [0.5, 0.6) is 0 Å². The summed E-state index contributed by atoms with van der Waals surface area (Å²) in [5.41, 5.74) is 0.618. The van der Waals surface area contributed by atoms with Gasteiger partial charge in [-0.2, -0.15) is 0 Å². The summed E-state index contributed by atoms with van der Waals surface area (Å²) in [5, 5.41) is 0. The highest BCUT2D eigenvalue weighted by atomic mass is 16.5. The van der Waals surface area contributed by atoms with Crippen LogP contribution in [-0.4, -0.2) is 12.1 Å².